The van der Waals surface area contributed by atoms with E-state index in [9.17, 15) is 14.4 Å². The van der Waals surface area contributed by atoms with Crippen LogP contribution in [-0.2, 0) is 19.1 Å². The van der Waals surface area contributed by atoms with Gasteiger partial charge in [-0.3, -0.25) is 14.4 Å². The molecule has 0 radical (unpaired) electrons. The zero-order chi connectivity index (χ0) is 27.2. The molecule has 4 aliphatic carbocycles. The summed E-state index contributed by atoms with van der Waals surface area (Å²) in [6, 6.07) is 8.83. The van der Waals surface area contributed by atoms with Gasteiger partial charge < -0.3 is 9.64 Å². The van der Waals surface area contributed by atoms with Crippen molar-refractivity contribution in [3.05, 3.63) is 52.6 Å². The molecule has 0 bridgehead atoms. The number of benzene rings is 1. The number of hydrogen-bond acceptors (Lipinski definition) is 5. The normalized spacial score (nSPS) is 31.8. The first kappa shape index (κ1) is 26.5. The van der Waals surface area contributed by atoms with Gasteiger partial charge in [-0.25, -0.2) is 0 Å². The van der Waals surface area contributed by atoms with E-state index in [0.717, 1.165) is 37.8 Å². The average Bonchev–Trinajstić information content (AvgIpc) is 3.19. The van der Waals surface area contributed by atoms with Gasteiger partial charge in [0, 0.05) is 39.0 Å². The van der Waals surface area contributed by atoms with Gasteiger partial charge in [-0.1, -0.05) is 30.6 Å². The summed E-state index contributed by atoms with van der Waals surface area (Å²) in [6.07, 6.45) is 7.65. The van der Waals surface area contributed by atoms with Gasteiger partial charge in [0.25, 0.3) is 0 Å². The average molecular weight is 514 g/mol. The van der Waals surface area contributed by atoms with Crippen molar-refractivity contribution in [3.63, 3.8) is 0 Å². The van der Waals surface area contributed by atoms with Crippen molar-refractivity contribution in [2.24, 2.45) is 22.7 Å². The molecule has 200 valence electrons. The second kappa shape index (κ2) is 9.88. The van der Waals surface area contributed by atoms with E-state index in [-0.39, 0.29) is 29.5 Å². The summed E-state index contributed by atoms with van der Waals surface area (Å²) >= 11 is 0. The smallest absolute Gasteiger partial charge is 0.303 e. The molecule has 0 heterocycles. The van der Waals surface area contributed by atoms with Crippen LogP contribution in [0.4, 0.5) is 5.69 Å². The van der Waals surface area contributed by atoms with Crippen LogP contribution in [0.15, 0.2) is 47.1 Å². The Hall–Kier alpha value is -3.13. The lowest BCUT2D eigenvalue weighted by molar-refractivity contribution is -0.150. The van der Waals surface area contributed by atoms with Crippen LogP contribution in [-0.4, -0.2) is 38.2 Å². The first-order valence-corrected chi connectivity index (χ1v) is 14.0. The third-order valence-corrected chi connectivity index (χ3v) is 9.96. The topological polar surface area (TPSA) is 63.7 Å². The molecule has 2 fully saturated rings. The largest absolute Gasteiger partial charge is 0.458 e. The Morgan fingerprint density at radius 1 is 1.11 bits per heavy atom. The molecule has 4 aliphatic rings. The van der Waals surface area contributed by atoms with Crippen molar-refractivity contribution >= 4 is 23.2 Å². The number of esters is 1. The van der Waals surface area contributed by atoms with Crippen molar-refractivity contribution in [1.82, 2.24) is 0 Å². The van der Waals surface area contributed by atoms with Crippen molar-refractivity contribution in [3.8, 4) is 11.8 Å². The van der Waals surface area contributed by atoms with E-state index in [4.69, 9.17) is 4.74 Å². The number of rotatable bonds is 5. The highest BCUT2D eigenvalue weighted by Crippen LogP contribution is 2.69. The molecule has 0 amide bonds. The fraction of sp³-hybridized carbons (Fsp3) is 0.545. The van der Waals surface area contributed by atoms with Gasteiger partial charge in [0.15, 0.2) is 18.2 Å². The summed E-state index contributed by atoms with van der Waals surface area (Å²) < 4.78 is 5.24. The Morgan fingerprint density at radius 2 is 1.84 bits per heavy atom. The van der Waals surface area contributed by atoms with Gasteiger partial charge in [-0.15, -0.1) is 5.92 Å². The Kier molecular flexibility index (Phi) is 6.88. The molecule has 0 saturated heterocycles. The predicted molar refractivity (Wildman–Crippen MR) is 149 cm³/mol. The third kappa shape index (κ3) is 4.13. The molecule has 5 nitrogen and oxygen atoms in total. The Morgan fingerprint density at radius 3 is 2.50 bits per heavy atom. The maximum absolute atomic E-state index is 13.9. The molecule has 0 unspecified atom stereocenters. The molecule has 1 aromatic carbocycles. The number of carbonyl (C=O) groups is 3. The summed E-state index contributed by atoms with van der Waals surface area (Å²) in [4.78, 5) is 39.9. The molecular weight excluding hydrogens is 474 g/mol. The molecule has 5 atom stereocenters. The van der Waals surface area contributed by atoms with Crippen LogP contribution in [0.25, 0.3) is 0 Å². The lowest BCUT2D eigenvalue weighted by atomic mass is 9.48. The number of carbonyl (C=O) groups excluding carboxylic acids is 3. The van der Waals surface area contributed by atoms with Crippen molar-refractivity contribution < 1.29 is 19.1 Å². The molecule has 1 aromatic rings. The van der Waals surface area contributed by atoms with Gasteiger partial charge in [0.2, 0.25) is 0 Å². The van der Waals surface area contributed by atoms with Crippen molar-refractivity contribution in [2.75, 3.05) is 25.6 Å². The number of ether oxygens (including phenoxy) is 1. The zero-order valence-electron chi connectivity index (χ0n) is 23.4. The minimum atomic E-state index is -0.835. The number of hydrogen-bond donors (Lipinski definition) is 0. The number of Topliss-reactive ketones (excluding diaryl/α,β-unsaturated/α-hetero) is 1. The standard InChI is InChI=1S/C33H39NO4/c1-6-16-33(30(37)20-38-21(2)35)17-15-29-27-13-9-23-18-25(36)12-14-26(23)31(27)28(19-32(29,33)3)22-7-10-24(11-8-22)34(4)5/h7-8,10-11,18,27-29H,9,12-15,17,19-20H2,1-5H3/t27-,28+,29-,32-,33+/m0/s1. The first-order valence-electron chi connectivity index (χ1n) is 14.0. The van der Waals surface area contributed by atoms with E-state index in [1.807, 2.05) is 27.1 Å². The van der Waals surface area contributed by atoms with Gasteiger partial charge in [0.05, 0.1) is 5.41 Å². The second-order valence-electron chi connectivity index (χ2n) is 12.0. The molecule has 5 heteroatoms. The Balaban J connectivity index is 1.66. The number of fused-ring (bicyclic) bond motifs is 4. The number of ketones is 2. The highest BCUT2D eigenvalue weighted by molar-refractivity contribution is 5.93. The number of allylic oxidation sites excluding steroid dienone is 4. The van der Waals surface area contributed by atoms with E-state index in [0.29, 0.717) is 24.7 Å². The molecule has 38 heavy (non-hydrogen) atoms. The molecule has 0 aliphatic heterocycles. The minimum absolute atomic E-state index is 0.0653. The number of anilines is 1. The molecule has 0 aromatic heterocycles. The van der Waals surface area contributed by atoms with Crippen molar-refractivity contribution in [2.45, 2.75) is 71.6 Å². The van der Waals surface area contributed by atoms with Gasteiger partial charge in [0.1, 0.15) is 0 Å². The Bertz CT molecular complexity index is 1290. The van der Waals surface area contributed by atoms with E-state index in [2.05, 4.69) is 47.9 Å². The monoisotopic (exact) mass is 513 g/mol. The summed E-state index contributed by atoms with van der Waals surface area (Å²) in [5.41, 5.74) is 5.36. The lowest BCUT2D eigenvalue weighted by Crippen LogP contribution is -2.51. The number of nitrogens with zero attached hydrogens (tertiary/aromatic N) is 1. The van der Waals surface area contributed by atoms with E-state index >= 15 is 0 Å². The minimum Gasteiger partial charge on any atom is -0.458 e. The maximum Gasteiger partial charge on any atom is 0.303 e. The Labute approximate surface area is 226 Å². The highest BCUT2D eigenvalue weighted by atomic mass is 16.5. The summed E-state index contributed by atoms with van der Waals surface area (Å²) in [5.74, 6) is 7.07. The van der Waals surface area contributed by atoms with E-state index in [1.165, 1.54) is 29.2 Å². The van der Waals surface area contributed by atoms with Crippen LogP contribution in [0, 0.1) is 34.5 Å². The van der Waals surface area contributed by atoms with Crippen molar-refractivity contribution in [1.29, 1.82) is 0 Å². The highest BCUT2D eigenvalue weighted by Gasteiger charge is 2.65. The maximum atomic E-state index is 13.9. The quantitative estimate of drug-likeness (QED) is 0.368. The van der Waals surface area contributed by atoms with E-state index < -0.39 is 11.4 Å². The lowest BCUT2D eigenvalue weighted by Gasteiger charge is -2.54. The fourth-order valence-electron chi connectivity index (χ4n) is 8.23. The predicted octanol–water partition coefficient (Wildman–Crippen LogP) is 5.79. The molecular formula is C33H39NO4. The summed E-state index contributed by atoms with van der Waals surface area (Å²) in [7, 11) is 4.09. The summed E-state index contributed by atoms with van der Waals surface area (Å²) in [6.45, 7) is 5.21. The molecule has 0 spiro atoms. The molecule has 5 rings (SSSR count). The van der Waals surface area contributed by atoms with Gasteiger partial charge in [-0.05, 0) is 97.6 Å². The van der Waals surface area contributed by atoms with Crippen LogP contribution in [0.5, 0.6) is 0 Å². The fourth-order valence-corrected chi connectivity index (χ4v) is 8.23. The van der Waals surface area contributed by atoms with Crippen LogP contribution in [0.2, 0.25) is 0 Å². The van der Waals surface area contributed by atoms with Crippen LogP contribution in [0.1, 0.15) is 77.2 Å². The SMILES string of the molecule is CC#C[C@]1(C(=O)COC(C)=O)CC[C@H]2[C@@H]3CCC4=CC(=O)CCC4=C3[C@@H](c3ccc(N(C)C)cc3)C[C@@]21C. The zero-order valence-corrected chi connectivity index (χ0v) is 23.4. The van der Waals surface area contributed by atoms with Crippen LogP contribution in [0.3, 0.4) is 0 Å². The van der Waals surface area contributed by atoms with Crippen LogP contribution < -0.4 is 4.90 Å². The molecule has 0 N–H and O–H groups in total. The van der Waals surface area contributed by atoms with Crippen LogP contribution >= 0.6 is 0 Å². The van der Waals surface area contributed by atoms with E-state index in [1.54, 1.807) is 0 Å². The first-order chi connectivity index (χ1) is 18.1. The second-order valence-corrected chi connectivity index (χ2v) is 12.0. The van der Waals surface area contributed by atoms with Gasteiger partial charge in [-0.2, -0.15) is 0 Å². The van der Waals surface area contributed by atoms with Gasteiger partial charge >= 0.3 is 5.97 Å². The summed E-state index contributed by atoms with van der Waals surface area (Å²) in [5, 5.41) is 0. The third-order valence-electron chi connectivity index (χ3n) is 9.96. The molecule has 2 saturated carbocycles.